The topological polar surface area (TPSA) is 115 Å². The van der Waals surface area contributed by atoms with E-state index in [1.54, 1.807) is 18.2 Å². The Morgan fingerprint density at radius 1 is 1.10 bits per heavy atom. The third-order valence-electron chi connectivity index (χ3n) is 4.74. The fourth-order valence-electron chi connectivity index (χ4n) is 3.02. The van der Waals surface area contributed by atoms with Gasteiger partial charge in [0.2, 0.25) is 15.7 Å². The molecule has 1 heterocycles. The second-order valence-electron chi connectivity index (χ2n) is 6.99. The van der Waals surface area contributed by atoms with Gasteiger partial charge in [0, 0.05) is 5.69 Å². The molecule has 0 radical (unpaired) electrons. The van der Waals surface area contributed by atoms with E-state index in [-0.39, 0.29) is 26.7 Å². The van der Waals surface area contributed by atoms with E-state index in [1.807, 2.05) is 39.0 Å². The lowest BCUT2D eigenvalue weighted by atomic mass is 10.1. The third kappa shape index (κ3) is 5.05. The molecule has 1 amide bonds. The average molecular weight is 457 g/mol. The first-order valence-electron chi connectivity index (χ1n) is 9.70. The average Bonchev–Trinajstić information content (AvgIpc) is 2.75. The predicted octanol–water partition coefficient (Wildman–Crippen LogP) is 4.02. The molecule has 1 atom stereocenters. The largest absolute Gasteiger partial charge is 0.382 e. The zero-order valence-corrected chi connectivity index (χ0v) is 19.1. The first-order chi connectivity index (χ1) is 14.7. The van der Waals surface area contributed by atoms with Crippen LogP contribution in [0.2, 0.25) is 0 Å². The smallest absolute Gasteiger partial charge is 0.237 e. The normalized spacial score (nSPS) is 12.4. The minimum atomic E-state index is -3.83. The molecule has 0 saturated heterocycles. The van der Waals surface area contributed by atoms with Gasteiger partial charge in [-0.25, -0.2) is 18.4 Å². The van der Waals surface area contributed by atoms with E-state index in [0.717, 1.165) is 28.6 Å². The van der Waals surface area contributed by atoms with E-state index in [1.165, 1.54) is 18.3 Å². The number of para-hydroxylation sites is 1. The van der Waals surface area contributed by atoms with Crippen molar-refractivity contribution in [3.63, 3.8) is 0 Å². The maximum Gasteiger partial charge on any atom is 0.237 e. The number of carbonyl (C=O) groups is 1. The molecule has 0 aliphatic carbocycles. The maximum absolute atomic E-state index is 12.8. The van der Waals surface area contributed by atoms with E-state index >= 15 is 0 Å². The molecule has 3 N–H and O–H groups in total. The summed E-state index contributed by atoms with van der Waals surface area (Å²) >= 11 is 1.15. The minimum Gasteiger partial charge on any atom is -0.382 e. The summed E-state index contributed by atoms with van der Waals surface area (Å²) in [5.74, 6) is -0.320. The lowest BCUT2D eigenvalue weighted by Crippen LogP contribution is -2.25. The first kappa shape index (κ1) is 22.8. The molecule has 0 spiro atoms. The number of amides is 1. The van der Waals surface area contributed by atoms with E-state index in [4.69, 9.17) is 5.73 Å². The summed E-state index contributed by atoms with van der Waals surface area (Å²) in [6.07, 6.45) is 1.73. The van der Waals surface area contributed by atoms with E-state index < -0.39 is 15.1 Å². The molecule has 2 aromatic carbocycles. The highest BCUT2D eigenvalue weighted by molar-refractivity contribution is 8.00. The highest BCUT2D eigenvalue weighted by Gasteiger charge is 2.25. The fourth-order valence-corrected chi connectivity index (χ4v) is 5.16. The molecule has 0 aliphatic heterocycles. The monoisotopic (exact) mass is 456 g/mol. The molecular formula is C22H24N4O3S2. The molecule has 0 saturated carbocycles. The number of aromatic nitrogens is 2. The summed E-state index contributed by atoms with van der Waals surface area (Å²) in [6, 6.07) is 13.8. The van der Waals surface area contributed by atoms with E-state index in [9.17, 15) is 13.2 Å². The van der Waals surface area contributed by atoms with Crippen LogP contribution in [0.15, 0.2) is 69.7 Å². The Morgan fingerprint density at radius 2 is 1.74 bits per heavy atom. The number of benzene rings is 2. The maximum atomic E-state index is 12.8. The lowest BCUT2D eigenvalue weighted by molar-refractivity contribution is -0.115. The number of sulfone groups is 1. The molecule has 0 unspecified atom stereocenters. The van der Waals surface area contributed by atoms with Crippen molar-refractivity contribution in [2.75, 3.05) is 11.1 Å². The Balaban J connectivity index is 1.80. The van der Waals surface area contributed by atoms with Gasteiger partial charge in [-0.05, 0) is 43.5 Å². The van der Waals surface area contributed by atoms with Crippen molar-refractivity contribution < 1.29 is 13.2 Å². The molecule has 1 aromatic heterocycles. The summed E-state index contributed by atoms with van der Waals surface area (Å²) in [6.45, 7) is 5.76. The SMILES string of the molecule is CC[C@@H](Sc1ncc(S(=O)(=O)c2ccccc2)c(N)n1)C(=O)Nc1c(C)cccc1C. The second kappa shape index (κ2) is 9.49. The van der Waals surface area contributed by atoms with Crippen molar-refractivity contribution in [3.05, 3.63) is 65.9 Å². The highest BCUT2D eigenvalue weighted by atomic mass is 32.2. The van der Waals surface area contributed by atoms with E-state index in [2.05, 4.69) is 15.3 Å². The predicted molar refractivity (Wildman–Crippen MR) is 123 cm³/mol. The molecule has 3 aromatic rings. The fraction of sp³-hybridized carbons (Fsp3) is 0.227. The highest BCUT2D eigenvalue weighted by Crippen LogP contribution is 2.29. The van der Waals surface area contributed by atoms with Gasteiger partial charge < -0.3 is 11.1 Å². The van der Waals surface area contributed by atoms with Crippen LogP contribution in [0.1, 0.15) is 24.5 Å². The number of nitrogen functional groups attached to an aromatic ring is 1. The molecule has 0 fully saturated rings. The quantitative estimate of drug-likeness (QED) is 0.407. The van der Waals surface area contributed by atoms with Crippen molar-refractivity contribution >= 4 is 39.0 Å². The number of hydrogen-bond donors (Lipinski definition) is 2. The molecule has 3 rings (SSSR count). The van der Waals surface area contributed by atoms with Gasteiger partial charge in [-0.15, -0.1) is 0 Å². The van der Waals surface area contributed by atoms with Gasteiger partial charge in [-0.1, -0.05) is 55.1 Å². The molecule has 31 heavy (non-hydrogen) atoms. The Labute approximate surface area is 186 Å². The van der Waals surface area contributed by atoms with Crippen molar-refractivity contribution in [2.45, 2.75) is 47.4 Å². The van der Waals surface area contributed by atoms with Gasteiger partial charge in [-0.3, -0.25) is 4.79 Å². The summed E-state index contributed by atoms with van der Waals surface area (Å²) in [5, 5.41) is 2.76. The van der Waals surface area contributed by atoms with Crippen LogP contribution in [-0.4, -0.2) is 29.5 Å². The Morgan fingerprint density at radius 3 is 2.32 bits per heavy atom. The molecule has 0 bridgehead atoms. The molecule has 7 nitrogen and oxygen atoms in total. The minimum absolute atomic E-state index is 0.116. The standard InChI is InChI=1S/C22H24N4O3S2/c1-4-17(21(27)25-19-14(2)9-8-10-15(19)3)30-22-24-13-18(20(23)26-22)31(28,29)16-11-6-5-7-12-16/h5-13,17H,4H2,1-3H3,(H,25,27)(H2,23,24,26)/t17-/m1/s1. The Hall–Kier alpha value is -2.91. The van der Waals surface area contributed by atoms with Gasteiger partial charge in [0.15, 0.2) is 5.16 Å². The summed E-state index contributed by atoms with van der Waals surface area (Å²) in [7, 11) is -3.83. The molecule has 0 aliphatic rings. The van der Waals surface area contributed by atoms with Crippen LogP contribution < -0.4 is 11.1 Å². The van der Waals surface area contributed by atoms with Gasteiger partial charge >= 0.3 is 0 Å². The number of aryl methyl sites for hydroxylation is 2. The number of rotatable bonds is 7. The number of carbonyl (C=O) groups excluding carboxylic acids is 1. The van der Waals surface area contributed by atoms with Crippen molar-refractivity contribution in [1.82, 2.24) is 9.97 Å². The third-order valence-corrected chi connectivity index (χ3v) is 7.77. The summed E-state index contributed by atoms with van der Waals surface area (Å²) in [5.41, 5.74) is 8.70. The number of anilines is 2. The first-order valence-corrected chi connectivity index (χ1v) is 12.1. The molecular weight excluding hydrogens is 432 g/mol. The van der Waals surface area contributed by atoms with Crippen LogP contribution in [0.4, 0.5) is 11.5 Å². The number of nitrogens with zero attached hydrogens (tertiary/aromatic N) is 2. The van der Waals surface area contributed by atoms with Gasteiger partial charge in [-0.2, -0.15) is 0 Å². The summed E-state index contributed by atoms with van der Waals surface area (Å²) in [4.78, 5) is 21.1. The van der Waals surface area contributed by atoms with Crippen LogP contribution in [0, 0.1) is 13.8 Å². The van der Waals surface area contributed by atoms with E-state index in [0.29, 0.717) is 6.42 Å². The number of hydrogen-bond acceptors (Lipinski definition) is 7. The van der Waals surface area contributed by atoms with Crippen LogP contribution in [0.3, 0.4) is 0 Å². The zero-order valence-electron chi connectivity index (χ0n) is 17.5. The molecule has 9 heteroatoms. The van der Waals surface area contributed by atoms with Gasteiger partial charge in [0.25, 0.3) is 0 Å². The van der Waals surface area contributed by atoms with Crippen molar-refractivity contribution in [2.24, 2.45) is 0 Å². The Bertz CT molecular complexity index is 1180. The van der Waals surface area contributed by atoms with Crippen LogP contribution in [0.25, 0.3) is 0 Å². The number of thioether (sulfide) groups is 1. The van der Waals surface area contributed by atoms with Crippen LogP contribution in [-0.2, 0) is 14.6 Å². The second-order valence-corrected chi connectivity index (χ2v) is 10.1. The zero-order chi connectivity index (χ0) is 22.6. The van der Waals surface area contributed by atoms with Crippen LogP contribution in [0.5, 0.6) is 0 Å². The van der Waals surface area contributed by atoms with Crippen molar-refractivity contribution in [1.29, 1.82) is 0 Å². The lowest BCUT2D eigenvalue weighted by Gasteiger charge is -2.17. The van der Waals surface area contributed by atoms with Crippen molar-refractivity contribution in [3.8, 4) is 0 Å². The Kier molecular flexibility index (Phi) is 6.97. The molecule has 162 valence electrons. The van der Waals surface area contributed by atoms with Crippen LogP contribution >= 0.6 is 11.8 Å². The number of nitrogens with one attached hydrogen (secondary N) is 1. The van der Waals surface area contributed by atoms with Gasteiger partial charge in [0.05, 0.1) is 16.3 Å². The summed E-state index contributed by atoms with van der Waals surface area (Å²) < 4.78 is 25.6. The number of nitrogens with two attached hydrogens (primary N) is 1. The van der Waals surface area contributed by atoms with Gasteiger partial charge in [0.1, 0.15) is 10.7 Å².